The number of aliphatic hydroxyl groups excluding tert-OH is 1. The summed E-state index contributed by atoms with van der Waals surface area (Å²) in [7, 11) is -1.90. The van der Waals surface area contributed by atoms with Gasteiger partial charge in [-0.2, -0.15) is 0 Å². The van der Waals surface area contributed by atoms with Gasteiger partial charge in [0, 0.05) is 25.6 Å². The van der Waals surface area contributed by atoms with Crippen molar-refractivity contribution in [3.63, 3.8) is 0 Å². The van der Waals surface area contributed by atoms with E-state index in [2.05, 4.69) is 52.9 Å². The maximum Gasteiger partial charge on any atom is 0.303 e. The molecule has 2 aliphatic rings. The minimum absolute atomic E-state index is 0.00147. The van der Waals surface area contributed by atoms with E-state index in [0.717, 1.165) is 58.0 Å². The van der Waals surface area contributed by atoms with Crippen LogP contribution in [0.15, 0.2) is 12.2 Å². The summed E-state index contributed by atoms with van der Waals surface area (Å²) in [6.07, 6.45) is 19.6. The average Bonchev–Trinajstić information content (AvgIpc) is 3.17. The number of ether oxygens (including phenoxy) is 2. The summed E-state index contributed by atoms with van der Waals surface area (Å²) in [5, 5.41) is 20.2. The van der Waals surface area contributed by atoms with Gasteiger partial charge in [-0.3, -0.25) is 4.79 Å². The van der Waals surface area contributed by atoms with Crippen LogP contribution in [0.3, 0.4) is 0 Å². The normalized spacial score (nSPS) is 26.9. The molecule has 40 heavy (non-hydrogen) atoms. The Morgan fingerprint density at radius 3 is 2.45 bits per heavy atom. The molecular formula is C33H62O6Si. The third kappa shape index (κ3) is 12.6. The Bertz CT molecular complexity index is 727. The van der Waals surface area contributed by atoms with E-state index >= 15 is 0 Å². The minimum Gasteiger partial charge on any atom is -0.481 e. The molecule has 234 valence electrons. The molecule has 1 saturated carbocycles. The van der Waals surface area contributed by atoms with Crippen molar-refractivity contribution in [2.75, 3.05) is 6.61 Å². The van der Waals surface area contributed by atoms with E-state index in [4.69, 9.17) is 19.0 Å². The van der Waals surface area contributed by atoms with Crippen LogP contribution >= 0.6 is 0 Å². The first kappa shape index (κ1) is 35.5. The van der Waals surface area contributed by atoms with Crippen LogP contribution < -0.4 is 0 Å². The highest BCUT2D eigenvalue weighted by molar-refractivity contribution is 6.74. The van der Waals surface area contributed by atoms with Gasteiger partial charge in [-0.15, -0.1) is 0 Å². The first-order valence-electron chi connectivity index (χ1n) is 16.4. The van der Waals surface area contributed by atoms with Gasteiger partial charge in [-0.25, -0.2) is 0 Å². The predicted molar refractivity (Wildman–Crippen MR) is 166 cm³/mol. The number of carboxylic acids is 1. The summed E-state index contributed by atoms with van der Waals surface area (Å²) in [5.41, 5.74) is 0. The van der Waals surface area contributed by atoms with Crippen molar-refractivity contribution in [2.45, 2.75) is 173 Å². The van der Waals surface area contributed by atoms with Gasteiger partial charge in [0.05, 0.1) is 12.2 Å². The lowest BCUT2D eigenvalue weighted by Crippen LogP contribution is -2.44. The van der Waals surface area contributed by atoms with Crippen molar-refractivity contribution in [1.29, 1.82) is 0 Å². The number of aliphatic hydroxyl groups is 1. The number of carboxylic acid groups (broad SMARTS) is 1. The first-order valence-corrected chi connectivity index (χ1v) is 19.3. The van der Waals surface area contributed by atoms with E-state index in [-0.39, 0.29) is 41.8 Å². The van der Waals surface area contributed by atoms with Crippen LogP contribution in [0.5, 0.6) is 0 Å². The Morgan fingerprint density at radius 1 is 1.05 bits per heavy atom. The van der Waals surface area contributed by atoms with Crippen LogP contribution in [0, 0.1) is 11.8 Å². The Morgan fingerprint density at radius 2 is 1.80 bits per heavy atom. The third-order valence-electron chi connectivity index (χ3n) is 9.52. The van der Waals surface area contributed by atoms with E-state index in [0.29, 0.717) is 12.8 Å². The number of unbranched alkanes of at least 4 members (excludes halogenated alkanes) is 5. The summed E-state index contributed by atoms with van der Waals surface area (Å²) in [4.78, 5) is 10.8. The molecule has 1 saturated heterocycles. The summed E-state index contributed by atoms with van der Waals surface area (Å²) in [5.74, 6) is -0.346. The molecule has 0 amide bonds. The summed E-state index contributed by atoms with van der Waals surface area (Å²) in [6, 6.07) is 0. The molecule has 0 radical (unpaired) electrons. The van der Waals surface area contributed by atoms with Gasteiger partial charge in [0.25, 0.3) is 0 Å². The molecule has 0 aromatic carbocycles. The fourth-order valence-corrected chi connectivity index (χ4v) is 7.42. The Kier molecular flexibility index (Phi) is 16.0. The van der Waals surface area contributed by atoms with Gasteiger partial charge in [0.2, 0.25) is 0 Å². The van der Waals surface area contributed by atoms with Crippen LogP contribution in [-0.4, -0.2) is 55.7 Å². The second kappa shape index (κ2) is 18.0. The van der Waals surface area contributed by atoms with Gasteiger partial charge in [0.1, 0.15) is 0 Å². The highest BCUT2D eigenvalue weighted by Crippen LogP contribution is 2.43. The molecule has 6 atom stereocenters. The van der Waals surface area contributed by atoms with Crippen molar-refractivity contribution in [3.05, 3.63) is 12.2 Å². The number of hydrogen-bond acceptors (Lipinski definition) is 5. The monoisotopic (exact) mass is 582 g/mol. The molecule has 6 nitrogen and oxygen atoms in total. The molecule has 0 bridgehead atoms. The summed E-state index contributed by atoms with van der Waals surface area (Å²) >= 11 is 0. The second-order valence-electron chi connectivity index (χ2n) is 13.9. The zero-order valence-electron chi connectivity index (χ0n) is 26.7. The first-order chi connectivity index (χ1) is 18.9. The Balaban J connectivity index is 2.10. The molecule has 3 unspecified atom stereocenters. The number of allylic oxidation sites excluding steroid dienone is 2. The zero-order chi connectivity index (χ0) is 29.6. The molecule has 1 heterocycles. The van der Waals surface area contributed by atoms with E-state index in [1.165, 1.54) is 32.1 Å². The topological polar surface area (TPSA) is 85.2 Å². The lowest BCUT2D eigenvalue weighted by Gasteiger charge is -2.40. The third-order valence-corrected chi connectivity index (χ3v) is 14.1. The van der Waals surface area contributed by atoms with Crippen molar-refractivity contribution in [1.82, 2.24) is 0 Å². The molecule has 2 rings (SSSR count). The van der Waals surface area contributed by atoms with Gasteiger partial charge >= 0.3 is 5.97 Å². The van der Waals surface area contributed by atoms with Gasteiger partial charge in [0.15, 0.2) is 14.6 Å². The molecular weight excluding hydrogens is 520 g/mol. The SMILES string of the molecule is CCCCCCCC(CC[C@@H]1C(C/C=C\CCCC(=O)O)[C@@H](O)C[C@H]1OC1CCCCO1)O[Si](C)(C)C(C)(C)C. The standard InChI is InChI=1S/C33H62O6Si/c1-7-8-9-10-13-18-26(39-40(5,6)33(2,3)4)22-23-28-27(19-14-11-12-15-20-31(35)36)29(34)25-30(28)38-32-21-16-17-24-37-32/h11,14,26-30,32,34H,7-10,12-13,15-25H2,1-6H3,(H,35,36)/b14-11-/t26?,27?,28-,29+,30-,32?/m1/s1. The van der Waals surface area contributed by atoms with Crippen LogP contribution in [0.25, 0.3) is 0 Å². The van der Waals surface area contributed by atoms with Crippen LogP contribution in [0.1, 0.15) is 130 Å². The average molecular weight is 583 g/mol. The van der Waals surface area contributed by atoms with Gasteiger partial charge in [-0.05, 0) is 87.8 Å². The maximum atomic E-state index is 11.2. The highest BCUT2D eigenvalue weighted by Gasteiger charge is 2.44. The molecule has 0 aromatic heterocycles. The smallest absolute Gasteiger partial charge is 0.303 e. The zero-order valence-corrected chi connectivity index (χ0v) is 27.7. The molecule has 7 heteroatoms. The molecule has 2 fully saturated rings. The Labute approximate surface area is 246 Å². The lowest BCUT2D eigenvalue weighted by atomic mass is 9.85. The number of aliphatic carboxylic acids is 1. The van der Waals surface area contributed by atoms with Crippen molar-refractivity contribution in [3.8, 4) is 0 Å². The number of carbonyl (C=O) groups is 1. The van der Waals surface area contributed by atoms with Crippen molar-refractivity contribution in [2.24, 2.45) is 11.8 Å². The van der Waals surface area contributed by atoms with E-state index in [1.54, 1.807) is 0 Å². The van der Waals surface area contributed by atoms with Crippen molar-refractivity contribution >= 4 is 14.3 Å². The molecule has 0 aromatic rings. The molecule has 0 spiro atoms. The maximum absolute atomic E-state index is 11.2. The number of hydrogen-bond donors (Lipinski definition) is 2. The van der Waals surface area contributed by atoms with E-state index in [1.807, 2.05) is 0 Å². The number of rotatable bonds is 19. The van der Waals surface area contributed by atoms with Crippen LogP contribution in [0.4, 0.5) is 0 Å². The van der Waals surface area contributed by atoms with Crippen LogP contribution in [-0.2, 0) is 18.7 Å². The fraction of sp³-hybridized carbons (Fsp3) is 0.909. The predicted octanol–water partition coefficient (Wildman–Crippen LogP) is 8.63. The Hall–Kier alpha value is -0.733. The molecule has 1 aliphatic heterocycles. The van der Waals surface area contributed by atoms with E-state index < -0.39 is 20.4 Å². The van der Waals surface area contributed by atoms with Gasteiger partial charge in [-0.1, -0.05) is 72.0 Å². The highest BCUT2D eigenvalue weighted by atomic mass is 28.4. The van der Waals surface area contributed by atoms with Crippen LogP contribution in [0.2, 0.25) is 18.1 Å². The summed E-state index contributed by atoms with van der Waals surface area (Å²) < 4.78 is 19.5. The minimum atomic E-state index is -1.90. The van der Waals surface area contributed by atoms with E-state index in [9.17, 15) is 9.90 Å². The van der Waals surface area contributed by atoms with Crippen molar-refractivity contribution < 1.29 is 28.9 Å². The molecule has 1 aliphatic carbocycles. The molecule has 2 N–H and O–H groups in total. The lowest BCUT2D eigenvalue weighted by molar-refractivity contribution is -0.196. The van der Waals surface area contributed by atoms with Gasteiger partial charge < -0.3 is 24.1 Å². The largest absolute Gasteiger partial charge is 0.481 e. The quantitative estimate of drug-likeness (QED) is 0.0901. The fourth-order valence-electron chi connectivity index (χ4n) is 6.00. The second-order valence-corrected chi connectivity index (χ2v) is 18.6. The summed E-state index contributed by atoms with van der Waals surface area (Å²) in [6.45, 7) is 14.7.